The van der Waals surface area contributed by atoms with Gasteiger partial charge < -0.3 is 19.5 Å². The Hall–Kier alpha value is -1.04. The van der Waals surface area contributed by atoms with Crippen molar-refractivity contribution in [2.45, 2.75) is 32.8 Å². The number of hydrogen-bond acceptors (Lipinski definition) is 4. The summed E-state index contributed by atoms with van der Waals surface area (Å²) in [5, 5.41) is 18.1. The molecule has 1 aromatic carbocycles. The molecule has 0 saturated carbocycles. The van der Waals surface area contributed by atoms with Crippen LogP contribution in [0.1, 0.15) is 27.2 Å². The Bertz CT molecular complexity index is 366. The van der Waals surface area contributed by atoms with Gasteiger partial charge in [-0.05, 0) is 37.9 Å². The molecule has 0 heterocycles. The topological polar surface area (TPSA) is 58.9 Å². The first-order valence-corrected chi connectivity index (χ1v) is 6.17. The highest BCUT2D eigenvalue weighted by molar-refractivity contribution is 6.58. The molecule has 0 unspecified atom stereocenters. The zero-order chi connectivity index (χ0) is 13.6. The monoisotopic (exact) mass is 252 g/mol. The Morgan fingerprint density at radius 2 is 1.94 bits per heavy atom. The minimum atomic E-state index is -1.47. The summed E-state index contributed by atoms with van der Waals surface area (Å²) in [6.07, 6.45) is 0.944. The van der Waals surface area contributed by atoms with Crippen LogP contribution in [0.4, 0.5) is 0 Å². The van der Waals surface area contributed by atoms with Crippen molar-refractivity contribution in [2.24, 2.45) is 0 Å². The molecule has 0 aliphatic rings. The van der Waals surface area contributed by atoms with Crippen LogP contribution in [-0.4, -0.2) is 36.0 Å². The van der Waals surface area contributed by atoms with Crippen molar-refractivity contribution in [3.63, 3.8) is 0 Å². The fourth-order valence-corrected chi connectivity index (χ4v) is 1.34. The molecule has 0 atom stereocenters. The maximum Gasteiger partial charge on any atom is 0.488 e. The summed E-state index contributed by atoms with van der Waals surface area (Å²) in [5.74, 6) is 0.610. The second kappa shape index (κ2) is 6.78. The molecule has 0 spiro atoms. The summed E-state index contributed by atoms with van der Waals surface area (Å²) in [6.45, 7) is 7.10. The van der Waals surface area contributed by atoms with Crippen LogP contribution in [0, 0.1) is 0 Å². The van der Waals surface area contributed by atoms with Crippen LogP contribution in [0.15, 0.2) is 24.3 Å². The van der Waals surface area contributed by atoms with Crippen molar-refractivity contribution in [3.05, 3.63) is 24.3 Å². The van der Waals surface area contributed by atoms with Crippen LogP contribution in [0.3, 0.4) is 0 Å². The van der Waals surface area contributed by atoms with Crippen LogP contribution in [0.25, 0.3) is 0 Å². The Labute approximate surface area is 109 Å². The molecule has 0 radical (unpaired) electrons. The lowest BCUT2D eigenvalue weighted by molar-refractivity contribution is -0.0317. The fraction of sp³-hybridized carbons (Fsp3) is 0.538. The molecule has 0 bridgehead atoms. The normalized spacial score (nSPS) is 11.4. The average Bonchev–Trinajstić information content (AvgIpc) is 2.35. The van der Waals surface area contributed by atoms with Gasteiger partial charge in [-0.1, -0.05) is 19.1 Å². The third-order valence-electron chi connectivity index (χ3n) is 2.85. The molecule has 0 amide bonds. The summed E-state index contributed by atoms with van der Waals surface area (Å²) >= 11 is 0. The van der Waals surface area contributed by atoms with Crippen molar-refractivity contribution in [1.82, 2.24) is 0 Å². The van der Waals surface area contributed by atoms with E-state index in [0.717, 1.165) is 6.42 Å². The quantitative estimate of drug-likeness (QED) is 0.560. The average molecular weight is 252 g/mol. The molecule has 2 N–H and O–H groups in total. The highest BCUT2D eigenvalue weighted by atomic mass is 16.5. The standard InChI is InChI=1S/C13H21BO4/c1-4-13(2,3)18-9-8-17-12-7-5-6-11(10-12)14(15)16/h5-7,10,15-16H,4,8-9H2,1-3H3. The lowest BCUT2D eigenvalue weighted by atomic mass is 9.80. The van der Waals surface area contributed by atoms with Crippen molar-refractivity contribution >= 4 is 12.6 Å². The summed E-state index contributed by atoms with van der Waals surface area (Å²) < 4.78 is 11.1. The third-order valence-corrected chi connectivity index (χ3v) is 2.85. The fourth-order valence-electron chi connectivity index (χ4n) is 1.34. The second-order valence-corrected chi connectivity index (χ2v) is 4.76. The largest absolute Gasteiger partial charge is 0.491 e. The first kappa shape index (κ1) is 15.0. The SMILES string of the molecule is CCC(C)(C)OCCOc1cccc(B(O)O)c1. The Balaban J connectivity index is 2.38. The van der Waals surface area contributed by atoms with E-state index in [0.29, 0.717) is 24.4 Å². The number of benzene rings is 1. The van der Waals surface area contributed by atoms with Gasteiger partial charge in [0.25, 0.3) is 0 Å². The highest BCUT2D eigenvalue weighted by Crippen LogP contribution is 2.13. The van der Waals surface area contributed by atoms with Crippen molar-refractivity contribution in [3.8, 4) is 5.75 Å². The van der Waals surface area contributed by atoms with E-state index in [1.54, 1.807) is 24.3 Å². The van der Waals surface area contributed by atoms with Gasteiger partial charge in [0.15, 0.2) is 0 Å². The first-order chi connectivity index (χ1) is 8.44. The first-order valence-electron chi connectivity index (χ1n) is 6.17. The van der Waals surface area contributed by atoms with Crippen LogP contribution >= 0.6 is 0 Å². The van der Waals surface area contributed by atoms with Gasteiger partial charge >= 0.3 is 7.12 Å². The van der Waals surface area contributed by atoms with Crippen molar-refractivity contribution in [1.29, 1.82) is 0 Å². The molecule has 5 heteroatoms. The highest BCUT2D eigenvalue weighted by Gasteiger charge is 2.15. The van der Waals surface area contributed by atoms with Gasteiger partial charge in [-0.3, -0.25) is 0 Å². The van der Waals surface area contributed by atoms with E-state index in [1.807, 2.05) is 13.8 Å². The molecule has 0 saturated heterocycles. The molecular formula is C13H21BO4. The smallest absolute Gasteiger partial charge is 0.488 e. The summed E-state index contributed by atoms with van der Waals surface area (Å²) in [5.41, 5.74) is 0.286. The van der Waals surface area contributed by atoms with E-state index in [-0.39, 0.29) is 5.60 Å². The second-order valence-electron chi connectivity index (χ2n) is 4.76. The maximum atomic E-state index is 9.03. The predicted octanol–water partition coefficient (Wildman–Crippen LogP) is 0.950. The van der Waals surface area contributed by atoms with E-state index in [2.05, 4.69) is 6.92 Å². The minimum absolute atomic E-state index is 0.132. The third kappa shape index (κ3) is 5.08. The van der Waals surface area contributed by atoms with Crippen LogP contribution in [0.2, 0.25) is 0 Å². The zero-order valence-corrected chi connectivity index (χ0v) is 11.2. The van der Waals surface area contributed by atoms with Crippen molar-refractivity contribution < 1.29 is 19.5 Å². The Morgan fingerprint density at radius 3 is 2.56 bits per heavy atom. The number of ether oxygens (including phenoxy) is 2. The Kier molecular flexibility index (Phi) is 5.66. The van der Waals surface area contributed by atoms with Crippen molar-refractivity contribution in [2.75, 3.05) is 13.2 Å². The molecule has 0 fully saturated rings. The molecule has 1 rings (SSSR count). The van der Waals surface area contributed by atoms with E-state index in [9.17, 15) is 0 Å². The van der Waals surface area contributed by atoms with E-state index >= 15 is 0 Å². The van der Waals surface area contributed by atoms with Gasteiger partial charge in [0.1, 0.15) is 12.4 Å². The van der Waals surface area contributed by atoms with E-state index in [1.165, 1.54) is 0 Å². The van der Waals surface area contributed by atoms with Gasteiger partial charge in [-0.15, -0.1) is 0 Å². The van der Waals surface area contributed by atoms with Gasteiger partial charge in [-0.25, -0.2) is 0 Å². The molecular weight excluding hydrogens is 231 g/mol. The molecule has 100 valence electrons. The molecule has 0 aromatic heterocycles. The molecule has 18 heavy (non-hydrogen) atoms. The van der Waals surface area contributed by atoms with E-state index < -0.39 is 7.12 Å². The van der Waals surface area contributed by atoms with Gasteiger partial charge in [0, 0.05) is 0 Å². The molecule has 4 nitrogen and oxygen atoms in total. The summed E-state index contributed by atoms with van der Waals surface area (Å²) in [4.78, 5) is 0. The predicted molar refractivity (Wildman–Crippen MR) is 72.1 cm³/mol. The Morgan fingerprint density at radius 1 is 1.22 bits per heavy atom. The minimum Gasteiger partial charge on any atom is -0.491 e. The lowest BCUT2D eigenvalue weighted by Gasteiger charge is -2.23. The van der Waals surface area contributed by atoms with Crippen LogP contribution in [-0.2, 0) is 4.74 Å². The maximum absolute atomic E-state index is 9.03. The van der Waals surface area contributed by atoms with Gasteiger partial charge in [0.05, 0.1) is 12.2 Å². The van der Waals surface area contributed by atoms with Gasteiger partial charge in [-0.2, -0.15) is 0 Å². The lowest BCUT2D eigenvalue weighted by Crippen LogP contribution is -2.29. The molecule has 0 aliphatic heterocycles. The number of rotatable bonds is 7. The zero-order valence-electron chi connectivity index (χ0n) is 11.2. The summed E-state index contributed by atoms with van der Waals surface area (Å²) in [6, 6.07) is 6.74. The van der Waals surface area contributed by atoms with Crippen LogP contribution in [0.5, 0.6) is 5.75 Å². The molecule has 0 aliphatic carbocycles. The van der Waals surface area contributed by atoms with Gasteiger partial charge in [0.2, 0.25) is 0 Å². The van der Waals surface area contributed by atoms with E-state index in [4.69, 9.17) is 19.5 Å². The number of hydrogen-bond donors (Lipinski definition) is 2. The van der Waals surface area contributed by atoms with Crippen LogP contribution < -0.4 is 10.2 Å². The summed E-state index contributed by atoms with van der Waals surface area (Å²) in [7, 11) is -1.47. The molecule has 1 aromatic rings.